The highest BCUT2D eigenvalue weighted by Crippen LogP contribution is 2.45. The fourth-order valence-corrected chi connectivity index (χ4v) is 5.02. The second-order valence-electron chi connectivity index (χ2n) is 8.55. The third-order valence-electron chi connectivity index (χ3n) is 6.11. The summed E-state index contributed by atoms with van der Waals surface area (Å²) >= 11 is 5.56. The number of aromatic nitrogens is 2. The molecule has 0 spiro atoms. The summed E-state index contributed by atoms with van der Waals surface area (Å²) in [4.78, 5) is 4.40. The summed E-state index contributed by atoms with van der Waals surface area (Å²) in [5, 5.41) is 0.407. The predicted octanol–water partition coefficient (Wildman–Crippen LogP) is 6.21. The molecule has 1 aliphatic carbocycles. The van der Waals surface area contributed by atoms with Gasteiger partial charge in [-0.2, -0.15) is 0 Å². The van der Waals surface area contributed by atoms with Crippen LogP contribution in [-0.4, -0.2) is 14.7 Å². The van der Waals surface area contributed by atoms with Gasteiger partial charge in [0.05, 0.1) is 11.0 Å². The second kappa shape index (κ2) is 7.67. The Morgan fingerprint density at radius 2 is 1.89 bits per heavy atom. The number of aryl methyl sites for hydroxylation is 1. The Hall–Kier alpha value is -2.20. The molecule has 0 amide bonds. The van der Waals surface area contributed by atoms with Crippen molar-refractivity contribution in [2.24, 2.45) is 17.8 Å². The van der Waals surface area contributed by atoms with Crippen LogP contribution in [0.3, 0.4) is 0 Å². The Bertz CT molecular complexity index is 1000. The van der Waals surface area contributed by atoms with E-state index in [2.05, 4.69) is 50.9 Å². The minimum atomic E-state index is 0.407. The molecule has 4 rings (SSSR count). The van der Waals surface area contributed by atoms with E-state index < -0.39 is 0 Å². The second-order valence-corrected chi connectivity index (χ2v) is 8.90. The molecule has 3 nitrogen and oxygen atoms in total. The molecule has 0 saturated heterocycles. The molecule has 4 heteroatoms. The number of imidazole rings is 1. The molecular weight excluding hydrogens is 364 g/mol. The minimum Gasteiger partial charge on any atom is -0.431 e. The lowest BCUT2D eigenvalue weighted by atomic mass is 9.66. The number of ether oxygens (including phenoxy) is 1. The summed E-state index contributed by atoms with van der Waals surface area (Å²) in [6.07, 6.45) is 4.08. The Kier molecular flexibility index (Phi) is 5.24. The van der Waals surface area contributed by atoms with E-state index in [1.165, 1.54) is 17.5 Å². The first-order valence-electron chi connectivity index (χ1n) is 10.2. The Labute approximate surface area is 172 Å². The van der Waals surface area contributed by atoms with Gasteiger partial charge < -0.3 is 4.74 Å². The zero-order valence-electron chi connectivity index (χ0n) is 17.1. The van der Waals surface area contributed by atoms with Crippen LogP contribution >= 0.6 is 12.2 Å². The first kappa shape index (κ1) is 19.1. The third kappa shape index (κ3) is 3.46. The largest absolute Gasteiger partial charge is 0.431 e. The lowest BCUT2D eigenvalue weighted by Crippen LogP contribution is -2.28. The fourth-order valence-electron chi connectivity index (χ4n) is 4.78. The Balaban J connectivity index is 1.60. The van der Waals surface area contributed by atoms with Crippen molar-refractivity contribution in [2.45, 2.75) is 46.5 Å². The first-order chi connectivity index (χ1) is 13.5. The number of fused-ring (bicyclic) bond motifs is 2. The molecule has 2 atom stereocenters. The Morgan fingerprint density at radius 1 is 1.11 bits per heavy atom. The highest BCUT2D eigenvalue weighted by Gasteiger charge is 2.33. The predicted molar refractivity (Wildman–Crippen MR) is 119 cm³/mol. The molecule has 0 saturated carbocycles. The normalized spacial score (nSPS) is 19.2. The number of para-hydroxylation sites is 2. The van der Waals surface area contributed by atoms with Crippen LogP contribution < -0.4 is 4.74 Å². The lowest BCUT2D eigenvalue weighted by Gasteiger charge is -2.39. The average Bonchev–Trinajstić information content (AvgIpc) is 3.11. The van der Waals surface area contributed by atoms with Gasteiger partial charge in [0.25, 0.3) is 5.17 Å². The number of rotatable bonds is 3. The quantitative estimate of drug-likeness (QED) is 0.496. The van der Waals surface area contributed by atoms with E-state index in [1.807, 2.05) is 28.8 Å². The van der Waals surface area contributed by atoms with E-state index in [4.69, 9.17) is 17.0 Å². The van der Waals surface area contributed by atoms with Crippen LogP contribution in [0.5, 0.6) is 5.75 Å². The van der Waals surface area contributed by atoms with Crippen molar-refractivity contribution in [3.8, 4) is 5.75 Å². The molecule has 28 heavy (non-hydrogen) atoms. The smallest absolute Gasteiger partial charge is 0.274 e. The van der Waals surface area contributed by atoms with Gasteiger partial charge >= 0.3 is 0 Å². The molecular formula is C24H28N2OS. The molecule has 1 aromatic heterocycles. The maximum atomic E-state index is 6.06. The first-order valence-corrected chi connectivity index (χ1v) is 10.6. The van der Waals surface area contributed by atoms with Crippen molar-refractivity contribution in [3.05, 3.63) is 59.9 Å². The third-order valence-corrected chi connectivity index (χ3v) is 6.39. The molecule has 0 fully saturated rings. The molecule has 0 bridgehead atoms. The number of hydrogen-bond donors (Lipinski definition) is 0. The lowest BCUT2D eigenvalue weighted by molar-refractivity contribution is 0.236. The van der Waals surface area contributed by atoms with Gasteiger partial charge in [-0.1, -0.05) is 45.9 Å². The molecule has 1 aliphatic rings. The van der Waals surface area contributed by atoms with E-state index in [1.54, 1.807) is 6.33 Å². The van der Waals surface area contributed by atoms with E-state index in [-0.39, 0.29) is 0 Å². The number of hydrogen-bond acceptors (Lipinski definition) is 3. The van der Waals surface area contributed by atoms with Crippen molar-refractivity contribution in [3.63, 3.8) is 0 Å². The zero-order chi connectivity index (χ0) is 19.8. The molecule has 0 N–H and O–H groups in total. The monoisotopic (exact) mass is 392 g/mol. The Morgan fingerprint density at radius 3 is 2.64 bits per heavy atom. The fraction of sp³-hybridized carbons (Fsp3) is 0.417. The van der Waals surface area contributed by atoms with Crippen molar-refractivity contribution >= 4 is 28.4 Å². The van der Waals surface area contributed by atoms with Gasteiger partial charge in [0, 0.05) is 0 Å². The highest BCUT2D eigenvalue weighted by molar-refractivity contribution is 7.80. The maximum absolute atomic E-state index is 6.06. The average molecular weight is 393 g/mol. The van der Waals surface area contributed by atoms with Crippen LogP contribution in [0.2, 0.25) is 0 Å². The maximum Gasteiger partial charge on any atom is 0.274 e. The van der Waals surface area contributed by atoms with Gasteiger partial charge in [-0.25, -0.2) is 4.98 Å². The van der Waals surface area contributed by atoms with E-state index in [9.17, 15) is 0 Å². The van der Waals surface area contributed by atoms with Gasteiger partial charge in [0.15, 0.2) is 0 Å². The summed E-state index contributed by atoms with van der Waals surface area (Å²) in [5.74, 6) is 3.52. The van der Waals surface area contributed by atoms with Gasteiger partial charge in [-0.05, 0) is 84.1 Å². The molecule has 3 aromatic rings. The van der Waals surface area contributed by atoms with Crippen molar-refractivity contribution in [2.75, 3.05) is 0 Å². The molecule has 2 aromatic carbocycles. The summed E-state index contributed by atoms with van der Waals surface area (Å²) in [5.41, 5.74) is 4.78. The summed E-state index contributed by atoms with van der Waals surface area (Å²) in [7, 11) is 0. The number of nitrogens with zero attached hydrogens (tertiary/aromatic N) is 2. The molecule has 0 aliphatic heterocycles. The van der Waals surface area contributed by atoms with E-state index in [0.717, 1.165) is 29.1 Å². The molecule has 1 heterocycles. The summed E-state index contributed by atoms with van der Waals surface area (Å²) in [6.45, 7) is 9.41. The van der Waals surface area contributed by atoms with Crippen LogP contribution in [0.4, 0.5) is 0 Å². The van der Waals surface area contributed by atoms with Crippen LogP contribution in [0.25, 0.3) is 11.0 Å². The minimum absolute atomic E-state index is 0.407. The highest BCUT2D eigenvalue weighted by atomic mass is 32.1. The molecule has 2 unspecified atom stereocenters. The van der Waals surface area contributed by atoms with Crippen molar-refractivity contribution in [1.82, 2.24) is 9.55 Å². The van der Waals surface area contributed by atoms with E-state index >= 15 is 0 Å². The molecule has 0 radical (unpaired) electrons. The molecule has 146 valence electrons. The van der Waals surface area contributed by atoms with Gasteiger partial charge in [0.1, 0.15) is 12.1 Å². The van der Waals surface area contributed by atoms with Gasteiger partial charge in [-0.15, -0.1) is 0 Å². The van der Waals surface area contributed by atoms with Crippen LogP contribution in [0.1, 0.15) is 51.2 Å². The van der Waals surface area contributed by atoms with Crippen LogP contribution in [0.15, 0.2) is 48.8 Å². The SMILES string of the molecule is CC(C)C1CCc2cc(OC(=S)n3cnc4ccccc43)ccc2C1C(C)C. The van der Waals surface area contributed by atoms with E-state index in [0.29, 0.717) is 22.9 Å². The zero-order valence-corrected chi connectivity index (χ0v) is 17.9. The topological polar surface area (TPSA) is 27.1 Å². The number of thiocarbonyl (C=S) groups is 1. The van der Waals surface area contributed by atoms with Crippen LogP contribution in [0, 0.1) is 17.8 Å². The summed E-state index contributed by atoms with van der Waals surface area (Å²) in [6, 6.07) is 14.5. The van der Waals surface area contributed by atoms with Gasteiger partial charge in [-0.3, -0.25) is 4.57 Å². The summed E-state index contributed by atoms with van der Waals surface area (Å²) < 4.78 is 7.89. The van der Waals surface area contributed by atoms with Crippen LogP contribution in [-0.2, 0) is 6.42 Å². The standard InChI is InChI=1S/C24H28N2OS/c1-15(2)19-11-9-17-13-18(10-12-20(17)23(19)16(3)4)27-24(28)26-14-25-21-7-5-6-8-22(21)26/h5-8,10,12-16,19,23H,9,11H2,1-4H3. The van der Waals surface area contributed by atoms with Gasteiger partial charge in [0.2, 0.25) is 0 Å². The number of benzene rings is 2. The van der Waals surface area contributed by atoms with Crippen molar-refractivity contribution in [1.29, 1.82) is 0 Å². The van der Waals surface area contributed by atoms with Crippen molar-refractivity contribution < 1.29 is 4.74 Å².